The number of rotatable bonds is 8. The molecule has 2 N–H and O–H groups in total. The number of sulfonamides is 1. The molecule has 0 atom stereocenters. The quantitative estimate of drug-likeness (QED) is 0.218. The van der Waals surface area contributed by atoms with E-state index in [1.54, 1.807) is 23.9 Å². The van der Waals surface area contributed by atoms with Crippen molar-refractivity contribution in [2.75, 3.05) is 10.0 Å². The fourth-order valence-corrected chi connectivity index (χ4v) is 5.72. The molecule has 0 bridgehead atoms. The first-order valence-electron chi connectivity index (χ1n) is 10.9. The lowest BCUT2D eigenvalue weighted by atomic mass is 10.1. The first-order valence-corrected chi connectivity index (χ1v) is 14.1. The molecule has 1 amide bonds. The SMILES string of the molecule is Cc1ccc(SCc2ccc(C(=O)Nc3ccc(S(=O)(=O)Nc4cc(Cl)cc(Cl)c4)cc3)cc2)cc1. The first kappa shape index (κ1) is 26.1. The Bertz CT molecular complexity index is 1450. The Morgan fingerprint density at radius 2 is 1.42 bits per heavy atom. The number of carbonyl (C=O) groups is 1. The van der Waals surface area contributed by atoms with Crippen LogP contribution in [0.15, 0.2) is 101 Å². The van der Waals surface area contributed by atoms with Gasteiger partial charge >= 0.3 is 0 Å². The molecule has 0 saturated carbocycles. The Balaban J connectivity index is 1.35. The normalized spacial score (nSPS) is 11.2. The lowest BCUT2D eigenvalue weighted by molar-refractivity contribution is 0.102. The summed E-state index contributed by atoms with van der Waals surface area (Å²) >= 11 is 13.6. The van der Waals surface area contributed by atoms with Crippen molar-refractivity contribution in [3.63, 3.8) is 0 Å². The molecule has 4 aromatic carbocycles. The highest BCUT2D eigenvalue weighted by Crippen LogP contribution is 2.26. The van der Waals surface area contributed by atoms with Gasteiger partial charge in [0.2, 0.25) is 0 Å². The molecule has 4 aromatic rings. The number of anilines is 2. The van der Waals surface area contributed by atoms with Gasteiger partial charge in [-0.25, -0.2) is 8.42 Å². The number of nitrogens with one attached hydrogen (secondary N) is 2. The summed E-state index contributed by atoms with van der Waals surface area (Å²) in [7, 11) is -3.86. The molecule has 0 aromatic heterocycles. The molecule has 0 spiro atoms. The van der Waals surface area contributed by atoms with Crippen molar-refractivity contribution in [3.8, 4) is 0 Å². The fraction of sp³-hybridized carbons (Fsp3) is 0.0741. The number of amides is 1. The van der Waals surface area contributed by atoms with Gasteiger partial charge in [-0.1, -0.05) is 53.0 Å². The molecule has 4 rings (SSSR count). The molecule has 36 heavy (non-hydrogen) atoms. The van der Waals surface area contributed by atoms with Crippen molar-refractivity contribution >= 4 is 62.3 Å². The molecule has 5 nitrogen and oxygen atoms in total. The van der Waals surface area contributed by atoms with Crippen LogP contribution in [0.5, 0.6) is 0 Å². The van der Waals surface area contributed by atoms with Crippen LogP contribution in [-0.2, 0) is 15.8 Å². The number of hydrogen-bond donors (Lipinski definition) is 2. The monoisotopic (exact) mass is 556 g/mol. The van der Waals surface area contributed by atoms with Crippen LogP contribution in [0.25, 0.3) is 0 Å². The van der Waals surface area contributed by atoms with Crippen LogP contribution in [0.4, 0.5) is 11.4 Å². The van der Waals surface area contributed by atoms with E-state index in [0.29, 0.717) is 21.3 Å². The minimum Gasteiger partial charge on any atom is -0.322 e. The number of halogens is 2. The maximum Gasteiger partial charge on any atom is 0.261 e. The standard InChI is InChI=1S/C27H22Cl2N2O3S2/c1-18-2-10-25(11-3-18)35-17-19-4-6-20(7-5-19)27(32)30-23-8-12-26(13-9-23)36(33,34)31-24-15-21(28)14-22(29)16-24/h2-16,31H,17H2,1H3,(H,30,32). The lowest BCUT2D eigenvalue weighted by Crippen LogP contribution is -2.14. The number of hydrogen-bond acceptors (Lipinski definition) is 4. The Morgan fingerprint density at radius 1 is 0.806 bits per heavy atom. The van der Waals surface area contributed by atoms with Gasteiger partial charge in [0, 0.05) is 31.9 Å². The average molecular weight is 558 g/mol. The molecule has 0 aliphatic heterocycles. The van der Waals surface area contributed by atoms with Gasteiger partial charge in [0.15, 0.2) is 0 Å². The van der Waals surface area contributed by atoms with Crippen LogP contribution in [-0.4, -0.2) is 14.3 Å². The second-order valence-corrected chi connectivity index (χ2v) is 11.6. The maximum absolute atomic E-state index is 12.7. The number of benzene rings is 4. The Kier molecular flexibility index (Phi) is 8.26. The van der Waals surface area contributed by atoms with Gasteiger partial charge in [-0.2, -0.15) is 0 Å². The van der Waals surface area contributed by atoms with Gasteiger partial charge in [0.1, 0.15) is 0 Å². The van der Waals surface area contributed by atoms with E-state index in [-0.39, 0.29) is 16.5 Å². The van der Waals surface area contributed by atoms with Crippen LogP contribution >= 0.6 is 35.0 Å². The van der Waals surface area contributed by atoms with Crippen molar-refractivity contribution < 1.29 is 13.2 Å². The van der Waals surface area contributed by atoms with Gasteiger partial charge in [-0.05, 0) is 79.2 Å². The first-order chi connectivity index (χ1) is 17.2. The van der Waals surface area contributed by atoms with E-state index in [1.807, 2.05) is 12.1 Å². The number of carbonyl (C=O) groups excluding carboxylic acids is 1. The summed E-state index contributed by atoms with van der Waals surface area (Å²) in [6, 6.07) is 26.1. The molecule has 0 heterocycles. The molecule has 0 fully saturated rings. The van der Waals surface area contributed by atoms with E-state index in [9.17, 15) is 13.2 Å². The minimum atomic E-state index is -3.86. The summed E-state index contributed by atoms with van der Waals surface area (Å²) in [6.07, 6.45) is 0. The van der Waals surface area contributed by atoms with Crippen molar-refractivity contribution in [1.29, 1.82) is 0 Å². The smallest absolute Gasteiger partial charge is 0.261 e. The Hall–Kier alpha value is -2.97. The summed E-state index contributed by atoms with van der Waals surface area (Å²) < 4.78 is 27.8. The lowest BCUT2D eigenvalue weighted by Gasteiger charge is -2.10. The molecule has 9 heteroatoms. The average Bonchev–Trinajstić information content (AvgIpc) is 2.83. The third kappa shape index (κ3) is 7.04. The highest BCUT2D eigenvalue weighted by molar-refractivity contribution is 7.98. The molecular weight excluding hydrogens is 535 g/mol. The van der Waals surface area contributed by atoms with Crippen molar-refractivity contribution in [2.24, 2.45) is 0 Å². The van der Waals surface area contributed by atoms with E-state index in [4.69, 9.17) is 23.2 Å². The van der Waals surface area contributed by atoms with E-state index in [0.717, 1.165) is 11.3 Å². The van der Waals surface area contributed by atoms with Gasteiger partial charge in [-0.3, -0.25) is 9.52 Å². The second-order valence-electron chi connectivity index (χ2n) is 8.04. The zero-order chi connectivity index (χ0) is 25.7. The van der Waals surface area contributed by atoms with E-state index in [2.05, 4.69) is 41.2 Å². The maximum atomic E-state index is 12.7. The molecule has 0 radical (unpaired) electrons. The van der Waals surface area contributed by atoms with E-state index < -0.39 is 10.0 Å². The topological polar surface area (TPSA) is 75.3 Å². The third-order valence-electron chi connectivity index (χ3n) is 5.18. The van der Waals surface area contributed by atoms with Crippen LogP contribution in [0, 0.1) is 6.92 Å². The van der Waals surface area contributed by atoms with Crippen molar-refractivity contribution in [1.82, 2.24) is 0 Å². The van der Waals surface area contributed by atoms with E-state index in [1.165, 1.54) is 52.9 Å². The van der Waals surface area contributed by atoms with Gasteiger partial charge in [0.25, 0.3) is 15.9 Å². The van der Waals surface area contributed by atoms with Crippen molar-refractivity contribution in [2.45, 2.75) is 22.5 Å². The summed E-state index contributed by atoms with van der Waals surface area (Å²) in [5.41, 5.74) is 3.58. The van der Waals surface area contributed by atoms with Crippen LogP contribution < -0.4 is 10.0 Å². The van der Waals surface area contributed by atoms with Crippen LogP contribution in [0.1, 0.15) is 21.5 Å². The molecular formula is C27H22Cl2N2O3S2. The highest BCUT2D eigenvalue weighted by Gasteiger charge is 2.15. The second kappa shape index (κ2) is 11.4. The Labute approximate surface area is 224 Å². The zero-order valence-electron chi connectivity index (χ0n) is 19.2. The predicted molar refractivity (Wildman–Crippen MR) is 149 cm³/mol. The molecule has 0 unspecified atom stereocenters. The van der Waals surface area contributed by atoms with Crippen LogP contribution in [0.3, 0.4) is 0 Å². The highest BCUT2D eigenvalue weighted by atomic mass is 35.5. The minimum absolute atomic E-state index is 0.0343. The van der Waals surface area contributed by atoms with Gasteiger partial charge in [-0.15, -0.1) is 11.8 Å². The fourth-order valence-electron chi connectivity index (χ4n) is 3.30. The van der Waals surface area contributed by atoms with Gasteiger partial charge < -0.3 is 5.32 Å². The molecule has 184 valence electrons. The predicted octanol–water partition coefficient (Wildman–Crippen LogP) is 7.65. The largest absolute Gasteiger partial charge is 0.322 e. The van der Waals surface area contributed by atoms with Crippen LogP contribution in [0.2, 0.25) is 10.0 Å². The Morgan fingerprint density at radius 3 is 2.03 bits per heavy atom. The van der Waals surface area contributed by atoms with Gasteiger partial charge in [0.05, 0.1) is 10.6 Å². The zero-order valence-corrected chi connectivity index (χ0v) is 22.3. The summed E-state index contributed by atoms with van der Waals surface area (Å²) in [5.74, 6) is 0.520. The molecule has 0 aliphatic carbocycles. The molecule has 0 saturated heterocycles. The summed E-state index contributed by atoms with van der Waals surface area (Å²) in [4.78, 5) is 13.9. The summed E-state index contributed by atoms with van der Waals surface area (Å²) in [5, 5.41) is 3.42. The summed E-state index contributed by atoms with van der Waals surface area (Å²) in [6.45, 7) is 2.06. The third-order valence-corrected chi connectivity index (χ3v) is 8.10. The van der Waals surface area contributed by atoms with E-state index >= 15 is 0 Å². The van der Waals surface area contributed by atoms with Crippen molar-refractivity contribution in [3.05, 3.63) is 118 Å². The number of thioether (sulfide) groups is 1. The molecule has 0 aliphatic rings. The number of aryl methyl sites for hydroxylation is 1.